The number of hydrazine groups is 1. The van der Waals surface area contributed by atoms with Gasteiger partial charge >= 0.3 is 0 Å². The number of benzene rings is 1. The molecule has 2 amide bonds. The lowest BCUT2D eigenvalue weighted by Crippen LogP contribution is -2.43. The van der Waals surface area contributed by atoms with Gasteiger partial charge in [0.25, 0.3) is 11.8 Å². The molecule has 1 saturated heterocycles. The van der Waals surface area contributed by atoms with Gasteiger partial charge in [0.2, 0.25) is 0 Å². The molecule has 1 aliphatic rings. The molecule has 4 rings (SSSR count). The summed E-state index contributed by atoms with van der Waals surface area (Å²) < 4.78 is 8.19. The number of aromatic nitrogens is 2. The second-order valence-corrected chi connectivity index (χ2v) is 8.25. The van der Waals surface area contributed by atoms with Crippen molar-refractivity contribution >= 4 is 55.1 Å². The zero-order valence-corrected chi connectivity index (χ0v) is 18.2. The first kappa shape index (κ1) is 19.9. The highest BCUT2D eigenvalue weighted by Gasteiger charge is 2.18. The molecule has 3 aromatic rings. The van der Waals surface area contributed by atoms with Crippen LogP contribution in [0.4, 0.5) is 5.13 Å². The third kappa shape index (κ3) is 4.14. The molecule has 3 heterocycles. The summed E-state index contributed by atoms with van der Waals surface area (Å²) in [5.74, 6) is -0.761. The number of rotatable bonds is 4. The number of amides is 2. The first-order valence-electron chi connectivity index (χ1n) is 9.15. The van der Waals surface area contributed by atoms with E-state index in [9.17, 15) is 9.59 Å². The second-order valence-electron chi connectivity index (χ2n) is 6.62. The highest BCUT2D eigenvalue weighted by atomic mass is 79.9. The van der Waals surface area contributed by atoms with Gasteiger partial charge in [-0.3, -0.25) is 20.4 Å². The highest BCUT2D eigenvalue weighted by molar-refractivity contribution is 9.10. The van der Waals surface area contributed by atoms with E-state index < -0.39 is 5.91 Å². The monoisotopic (exact) mass is 477 g/mol. The summed E-state index contributed by atoms with van der Waals surface area (Å²) in [6.45, 7) is 4.85. The average Bonchev–Trinajstić information content (AvgIpc) is 3.33. The summed E-state index contributed by atoms with van der Waals surface area (Å²) >= 11 is 4.98. The van der Waals surface area contributed by atoms with Gasteiger partial charge < -0.3 is 14.2 Å². The van der Waals surface area contributed by atoms with Crippen LogP contribution in [-0.2, 0) is 16.1 Å². The number of anilines is 1. The van der Waals surface area contributed by atoms with Crippen molar-refractivity contribution in [2.24, 2.45) is 0 Å². The van der Waals surface area contributed by atoms with Crippen LogP contribution in [-0.4, -0.2) is 47.7 Å². The number of para-hydroxylation sites is 1. The topological polar surface area (TPSA) is 88.5 Å². The smallest absolute Gasteiger partial charge is 0.289 e. The van der Waals surface area contributed by atoms with Crippen LogP contribution in [0.15, 0.2) is 34.1 Å². The number of fused-ring (bicyclic) bond motifs is 1. The molecule has 2 aromatic heterocycles. The number of carbonyl (C=O) groups is 2. The van der Waals surface area contributed by atoms with Gasteiger partial charge in [-0.25, -0.2) is 4.98 Å². The fraction of sp³-hybridized carbons (Fsp3) is 0.316. The van der Waals surface area contributed by atoms with Crippen LogP contribution < -0.4 is 15.8 Å². The Hall–Kier alpha value is -2.43. The van der Waals surface area contributed by atoms with Crippen molar-refractivity contribution in [2.75, 3.05) is 31.2 Å². The van der Waals surface area contributed by atoms with E-state index in [4.69, 9.17) is 4.74 Å². The molecule has 1 aromatic carbocycles. The second kappa shape index (κ2) is 8.52. The van der Waals surface area contributed by atoms with Crippen molar-refractivity contribution in [3.8, 4) is 0 Å². The number of hydrogen-bond donors (Lipinski definition) is 2. The highest BCUT2D eigenvalue weighted by Crippen LogP contribution is 2.30. The molecule has 1 aliphatic heterocycles. The van der Waals surface area contributed by atoms with E-state index in [-0.39, 0.29) is 18.1 Å². The molecule has 0 radical (unpaired) electrons. The zero-order chi connectivity index (χ0) is 20.4. The summed E-state index contributed by atoms with van der Waals surface area (Å²) in [7, 11) is 0. The maximum Gasteiger partial charge on any atom is 0.289 e. The number of ether oxygens (including phenoxy) is 1. The van der Waals surface area contributed by atoms with Gasteiger partial charge in [-0.2, -0.15) is 0 Å². The summed E-state index contributed by atoms with van der Waals surface area (Å²) in [6, 6.07) is 7.84. The van der Waals surface area contributed by atoms with Crippen LogP contribution in [0.1, 0.15) is 16.2 Å². The van der Waals surface area contributed by atoms with Gasteiger partial charge in [0.05, 0.1) is 13.2 Å². The van der Waals surface area contributed by atoms with Crippen molar-refractivity contribution in [3.05, 3.63) is 45.5 Å². The number of hydrogen-bond acceptors (Lipinski definition) is 6. The Kier molecular flexibility index (Phi) is 5.84. The lowest BCUT2D eigenvalue weighted by molar-refractivity contribution is -0.122. The van der Waals surface area contributed by atoms with E-state index in [1.807, 2.05) is 35.8 Å². The Morgan fingerprint density at radius 3 is 2.79 bits per heavy atom. The van der Waals surface area contributed by atoms with Crippen molar-refractivity contribution in [1.82, 2.24) is 20.4 Å². The van der Waals surface area contributed by atoms with Crippen molar-refractivity contribution in [1.29, 1.82) is 0 Å². The molecule has 0 atom stereocenters. The standard InChI is InChI=1S/C19H20BrN5O3S/c1-12-17(20)13-4-2-3-5-15(13)25(12)10-16(26)22-23-18(27)14-11-29-19(21-14)24-6-8-28-9-7-24/h2-5,11H,6-10H2,1H3,(H,22,26)(H,23,27). The molecule has 0 unspecified atom stereocenters. The largest absolute Gasteiger partial charge is 0.378 e. The average molecular weight is 478 g/mol. The summed E-state index contributed by atoms with van der Waals surface area (Å²) in [4.78, 5) is 31.2. The number of halogens is 1. The van der Waals surface area contributed by atoms with Gasteiger partial charge in [-0.15, -0.1) is 11.3 Å². The summed E-state index contributed by atoms with van der Waals surface area (Å²) in [5.41, 5.74) is 7.10. The number of nitrogens with one attached hydrogen (secondary N) is 2. The van der Waals surface area contributed by atoms with E-state index >= 15 is 0 Å². The van der Waals surface area contributed by atoms with Crippen LogP contribution >= 0.6 is 27.3 Å². The first-order chi connectivity index (χ1) is 14.0. The van der Waals surface area contributed by atoms with Crippen LogP contribution in [0.3, 0.4) is 0 Å². The van der Waals surface area contributed by atoms with Crippen molar-refractivity contribution in [2.45, 2.75) is 13.5 Å². The maximum atomic E-state index is 12.4. The van der Waals surface area contributed by atoms with Crippen molar-refractivity contribution in [3.63, 3.8) is 0 Å². The van der Waals surface area contributed by atoms with E-state index in [1.165, 1.54) is 11.3 Å². The van der Waals surface area contributed by atoms with Gasteiger partial charge in [-0.1, -0.05) is 18.2 Å². The lowest BCUT2D eigenvalue weighted by atomic mass is 10.2. The Morgan fingerprint density at radius 2 is 2.00 bits per heavy atom. The molecule has 0 saturated carbocycles. The van der Waals surface area contributed by atoms with Crippen LogP contribution in [0.5, 0.6) is 0 Å². The number of morpholine rings is 1. The van der Waals surface area contributed by atoms with E-state index in [0.29, 0.717) is 13.2 Å². The Bertz CT molecular complexity index is 1060. The SMILES string of the molecule is Cc1c(Br)c2ccccc2n1CC(=O)NNC(=O)c1csc(N2CCOCC2)n1. The quantitative estimate of drug-likeness (QED) is 0.563. The normalized spacial score (nSPS) is 14.2. The fourth-order valence-corrected chi connectivity index (χ4v) is 4.64. The fourth-order valence-electron chi connectivity index (χ4n) is 3.23. The van der Waals surface area contributed by atoms with E-state index in [1.54, 1.807) is 5.38 Å². The molecule has 0 spiro atoms. The third-order valence-electron chi connectivity index (χ3n) is 4.78. The lowest BCUT2D eigenvalue weighted by Gasteiger charge is -2.25. The molecule has 29 heavy (non-hydrogen) atoms. The van der Waals surface area contributed by atoms with Crippen LogP contribution in [0.25, 0.3) is 10.9 Å². The molecular formula is C19H20BrN5O3S. The maximum absolute atomic E-state index is 12.4. The van der Waals surface area contributed by atoms with E-state index in [2.05, 4.69) is 36.7 Å². The molecule has 10 heteroatoms. The Labute approximate surface area is 179 Å². The minimum absolute atomic E-state index is 0.0916. The molecule has 8 nitrogen and oxygen atoms in total. The predicted octanol–water partition coefficient (Wildman–Crippen LogP) is 2.47. The van der Waals surface area contributed by atoms with Crippen LogP contribution in [0, 0.1) is 6.92 Å². The zero-order valence-electron chi connectivity index (χ0n) is 15.8. The molecule has 152 valence electrons. The molecule has 2 N–H and O–H groups in total. The molecular weight excluding hydrogens is 458 g/mol. The summed E-state index contributed by atoms with van der Waals surface area (Å²) in [5, 5.41) is 3.51. The molecule has 0 bridgehead atoms. The Morgan fingerprint density at radius 1 is 1.24 bits per heavy atom. The first-order valence-corrected chi connectivity index (χ1v) is 10.8. The predicted molar refractivity (Wildman–Crippen MR) is 115 cm³/mol. The number of nitrogens with zero attached hydrogens (tertiary/aromatic N) is 3. The number of thiazole rings is 1. The summed E-state index contributed by atoms with van der Waals surface area (Å²) in [6.07, 6.45) is 0. The van der Waals surface area contributed by atoms with Crippen molar-refractivity contribution < 1.29 is 14.3 Å². The third-order valence-corrected chi connectivity index (χ3v) is 6.68. The minimum Gasteiger partial charge on any atom is -0.378 e. The van der Waals surface area contributed by atoms with Gasteiger partial charge in [0, 0.05) is 39.5 Å². The minimum atomic E-state index is -0.440. The molecule has 0 aliphatic carbocycles. The number of carbonyl (C=O) groups excluding carboxylic acids is 2. The van der Waals surface area contributed by atoms with Crippen LogP contribution in [0.2, 0.25) is 0 Å². The van der Waals surface area contributed by atoms with Gasteiger partial charge in [0.1, 0.15) is 12.2 Å². The molecule has 1 fully saturated rings. The van der Waals surface area contributed by atoms with E-state index in [0.717, 1.165) is 39.3 Å². The Balaban J connectivity index is 1.37. The van der Waals surface area contributed by atoms with Gasteiger partial charge in [-0.05, 0) is 28.9 Å². The van der Waals surface area contributed by atoms with Gasteiger partial charge in [0.15, 0.2) is 5.13 Å².